The van der Waals surface area contributed by atoms with Crippen molar-refractivity contribution in [1.29, 1.82) is 0 Å². The number of hydrogen-bond donors (Lipinski definition) is 0. The summed E-state index contributed by atoms with van der Waals surface area (Å²) in [6.07, 6.45) is 5.98. The van der Waals surface area contributed by atoms with Crippen LogP contribution >= 0.6 is 0 Å². The van der Waals surface area contributed by atoms with Crippen LogP contribution in [-0.4, -0.2) is 29.8 Å². The Balaban J connectivity index is 1.71. The molecule has 1 heterocycles. The molecule has 20 heavy (non-hydrogen) atoms. The van der Waals surface area contributed by atoms with E-state index in [4.69, 9.17) is 0 Å². The van der Waals surface area contributed by atoms with Gasteiger partial charge in [0.05, 0.1) is 12.1 Å². The number of rotatable bonds is 3. The van der Waals surface area contributed by atoms with E-state index < -0.39 is 11.6 Å². The molecular weight excluding hydrogens is 260 g/mol. The Hall–Kier alpha value is -1.29. The summed E-state index contributed by atoms with van der Waals surface area (Å²) in [5.41, 5.74) is -0.121. The first kappa shape index (κ1) is 13.7. The molecule has 1 aromatic rings. The van der Waals surface area contributed by atoms with Crippen molar-refractivity contribution in [3.63, 3.8) is 0 Å². The van der Waals surface area contributed by atoms with E-state index in [0.29, 0.717) is 12.0 Å². The van der Waals surface area contributed by atoms with Gasteiger partial charge in [0.15, 0.2) is 5.78 Å². The van der Waals surface area contributed by atoms with Crippen LogP contribution in [0.1, 0.15) is 42.5 Å². The molecule has 1 saturated heterocycles. The van der Waals surface area contributed by atoms with Gasteiger partial charge in [-0.3, -0.25) is 9.69 Å². The van der Waals surface area contributed by atoms with Gasteiger partial charge in [0.2, 0.25) is 0 Å². The van der Waals surface area contributed by atoms with Gasteiger partial charge >= 0.3 is 0 Å². The summed E-state index contributed by atoms with van der Waals surface area (Å²) in [6.45, 7) is 1.11. The highest BCUT2D eigenvalue weighted by Crippen LogP contribution is 2.36. The van der Waals surface area contributed by atoms with E-state index in [0.717, 1.165) is 37.6 Å². The van der Waals surface area contributed by atoms with Gasteiger partial charge in [-0.15, -0.1) is 0 Å². The summed E-state index contributed by atoms with van der Waals surface area (Å²) in [4.78, 5) is 14.4. The Kier molecular flexibility index (Phi) is 3.83. The van der Waals surface area contributed by atoms with Crippen molar-refractivity contribution >= 4 is 5.78 Å². The molecule has 3 rings (SSSR count). The normalized spacial score (nSPS) is 26.5. The van der Waals surface area contributed by atoms with Gasteiger partial charge < -0.3 is 0 Å². The molecule has 0 N–H and O–H groups in total. The highest BCUT2D eigenvalue weighted by atomic mass is 19.1. The number of hydrogen-bond acceptors (Lipinski definition) is 2. The molecule has 2 fully saturated rings. The highest BCUT2D eigenvalue weighted by molar-refractivity contribution is 5.97. The molecule has 1 aliphatic heterocycles. The van der Waals surface area contributed by atoms with E-state index >= 15 is 0 Å². The van der Waals surface area contributed by atoms with Crippen molar-refractivity contribution in [2.75, 3.05) is 13.1 Å². The molecule has 0 bridgehead atoms. The molecule has 0 spiro atoms. The van der Waals surface area contributed by atoms with Gasteiger partial charge in [-0.1, -0.05) is 12.8 Å². The zero-order chi connectivity index (χ0) is 14.1. The Morgan fingerprint density at radius 1 is 1.20 bits per heavy atom. The minimum Gasteiger partial charge on any atom is -0.293 e. The van der Waals surface area contributed by atoms with Crippen molar-refractivity contribution in [3.05, 3.63) is 35.4 Å². The quantitative estimate of drug-likeness (QED) is 0.790. The molecular formula is C16H19F2NO. The van der Waals surface area contributed by atoms with Gasteiger partial charge in [0.1, 0.15) is 11.6 Å². The molecule has 1 aliphatic carbocycles. The Bertz CT molecular complexity index is 517. The van der Waals surface area contributed by atoms with E-state index in [1.54, 1.807) is 0 Å². The highest BCUT2D eigenvalue weighted by Gasteiger charge is 2.36. The van der Waals surface area contributed by atoms with Crippen molar-refractivity contribution in [3.8, 4) is 0 Å². The molecule has 2 nitrogen and oxygen atoms in total. The summed E-state index contributed by atoms with van der Waals surface area (Å²) < 4.78 is 26.8. The first-order chi connectivity index (χ1) is 9.65. The number of carbonyl (C=O) groups excluding carboxylic acids is 1. The second kappa shape index (κ2) is 5.60. The number of fused-ring (bicyclic) bond motifs is 1. The zero-order valence-electron chi connectivity index (χ0n) is 11.4. The molecule has 1 aromatic carbocycles. The van der Waals surface area contributed by atoms with Gasteiger partial charge in [-0.05, 0) is 49.9 Å². The summed E-state index contributed by atoms with van der Waals surface area (Å²) in [6, 6.07) is 3.53. The van der Waals surface area contributed by atoms with Crippen LogP contribution in [0.2, 0.25) is 0 Å². The lowest BCUT2D eigenvalue weighted by atomic mass is 9.85. The molecule has 2 aliphatic rings. The van der Waals surface area contributed by atoms with E-state index in [1.165, 1.54) is 19.3 Å². The Morgan fingerprint density at radius 2 is 2.00 bits per heavy atom. The fraction of sp³-hybridized carbons (Fsp3) is 0.562. The van der Waals surface area contributed by atoms with Gasteiger partial charge in [-0.25, -0.2) is 8.78 Å². The van der Waals surface area contributed by atoms with Crippen molar-refractivity contribution in [2.45, 2.75) is 38.1 Å². The Morgan fingerprint density at radius 3 is 2.85 bits per heavy atom. The summed E-state index contributed by atoms with van der Waals surface area (Å²) in [5.74, 6) is -0.815. The summed E-state index contributed by atoms with van der Waals surface area (Å²) >= 11 is 0. The third-order valence-electron chi connectivity index (χ3n) is 4.70. The average molecular weight is 279 g/mol. The van der Waals surface area contributed by atoms with Crippen LogP contribution in [0.5, 0.6) is 0 Å². The molecule has 0 aromatic heterocycles. The van der Waals surface area contributed by atoms with Crippen molar-refractivity contribution in [2.24, 2.45) is 5.92 Å². The maximum atomic E-state index is 13.6. The van der Waals surface area contributed by atoms with E-state index in [2.05, 4.69) is 4.90 Å². The number of likely N-dealkylation sites (tertiary alicyclic amines) is 1. The van der Waals surface area contributed by atoms with Gasteiger partial charge in [0.25, 0.3) is 0 Å². The maximum absolute atomic E-state index is 13.6. The number of ketones is 1. The first-order valence-corrected chi connectivity index (χ1v) is 7.37. The second-order valence-electron chi connectivity index (χ2n) is 5.92. The minimum absolute atomic E-state index is 0.121. The maximum Gasteiger partial charge on any atom is 0.179 e. The third kappa shape index (κ3) is 2.62. The fourth-order valence-corrected chi connectivity index (χ4v) is 3.68. The molecule has 2 unspecified atom stereocenters. The van der Waals surface area contributed by atoms with Crippen molar-refractivity contribution in [1.82, 2.24) is 4.90 Å². The van der Waals surface area contributed by atoms with Gasteiger partial charge in [0, 0.05) is 6.04 Å². The number of nitrogens with zero attached hydrogens (tertiary/aromatic N) is 1. The summed E-state index contributed by atoms with van der Waals surface area (Å²) in [5, 5.41) is 0. The van der Waals surface area contributed by atoms with Crippen LogP contribution < -0.4 is 0 Å². The number of Topliss-reactive ketones (excluding diaryl/α,β-unsaturated/α-hetero) is 1. The van der Waals surface area contributed by atoms with Gasteiger partial charge in [-0.2, -0.15) is 0 Å². The fourth-order valence-electron chi connectivity index (χ4n) is 3.68. The predicted octanol–water partition coefficient (Wildman–Crippen LogP) is 3.41. The molecule has 1 saturated carbocycles. The molecule has 108 valence electrons. The lowest BCUT2D eigenvalue weighted by Crippen LogP contribution is -2.38. The average Bonchev–Trinajstić information content (AvgIpc) is 2.85. The van der Waals surface area contributed by atoms with Crippen molar-refractivity contribution < 1.29 is 13.6 Å². The van der Waals surface area contributed by atoms with Crippen LogP contribution in [0.3, 0.4) is 0 Å². The standard InChI is InChI=1S/C16H19F2NO/c17-12-5-6-14(18)13(9-12)16(20)10-19-8-7-11-3-1-2-4-15(11)19/h5-6,9,11,15H,1-4,7-8,10H2. The second-order valence-corrected chi connectivity index (χ2v) is 5.92. The molecule has 2 atom stereocenters. The van der Waals surface area contributed by atoms with E-state index in [9.17, 15) is 13.6 Å². The number of carbonyl (C=O) groups is 1. The van der Waals surface area contributed by atoms with Crippen LogP contribution in [-0.2, 0) is 0 Å². The molecule has 4 heteroatoms. The van der Waals surface area contributed by atoms with E-state index in [1.807, 2.05) is 0 Å². The number of halogens is 2. The SMILES string of the molecule is O=C(CN1CCC2CCCCC21)c1cc(F)ccc1F. The topological polar surface area (TPSA) is 20.3 Å². The van der Waals surface area contributed by atoms with Crippen LogP contribution in [0.25, 0.3) is 0 Å². The van der Waals surface area contributed by atoms with Crippen LogP contribution in [0.4, 0.5) is 8.78 Å². The van der Waals surface area contributed by atoms with Crippen LogP contribution in [0, 0.1) is 17.6 Å². The largest absolute Gasteiger partial charge is 0.293 e. The smallest absolute Gasteiger partial charge is 0.179 e. The monoisotopic (exact) mass is 279 g/mol. The molecule has 0 amide bonds. The minimum atomic E-state index is -0.629. The lowest BCUT2D eigenvalue weighted by molar-refractivity contribution is 0.0891. The number of benzene rings is 1. The third-order valence-corrected chi connectivity index (χ3v) is 4.70. The first-order valence-electron chi connectivity index (χ1n) is 7.37. The lowest BCUT2D eigenvalue weighted by Gasteiger charge is -2.31. The molecule has 0 radical (unpaired) electrons. The Labute approximate surface area is 117 Å². The van der Waals surface area contributed by atoms with Crippen LogP contribution in [0.15, 0.2) is 18.2 Å². The van der Waals surface area contributed by atoms with E-state index in [-0.39, 0.29) is 17.9 Å². The summed E-state index contributed by atoms with van der Waals surface area (Å²) in [7, 11) is 0. The zero-order valence-corrected chi connectivity index (χ0v) is 11.4. The predicted molar refractivity (Wildman–Crippen MR) is 72.6 cm³/mol.